The molecule has 1 aliphatic carbocycles. The monoisotopic (exact) mass is 301 g/mol. The van der Waals surface area contributed by atoms with Gasteiger partial charge in [0.1, 0.15) is 5.75 Å². The summed E-state index contributed by atoms with van der Waals surface area (Å²) in [7, 11) is 3.80. The maximum absolute atomic E-state index is 5.40. The van der Waals surface area contributed by atoms with E-state index in [0.717, 1.165) is 12.3 Å². The predicted molar refractivity (Wildman–Crippen MR) is 89.7 cm³/mol. The molecule has 1 aliphatic rings. The topological polar surface area (TPSA) is 21.3 Å². The lowest BCUT2D eigenvalue weighted by molar-refractivity contribution is 0.413. The Morgan fingerprint density at radius 2 is 2.29 bits per heavy atom. The second kappa shape index (κ2) is 6.63. The number of hydrogen-bond acceptors (Lipinski definition) is 3. The van der Waals surface area contributed by atoms with Crippen molar-refractivity contribution >= 4 is 11.3 Å². The Bertz CT molecular complexity index is 579. The molecule has 0 spiro atoms. The van der Waals surface area contributed by atoms with Crippen LogP contribution in [0.25, 0.3) is 0 Å². The number of ether oxygens (including phenoxy) is 1. The number of methoxy groups -OCH3 is 1. The Labute approximate surface area is 131 Å². The van der Waals surface area contributed by atoms with Gasteiger partial charge >= 0.3 is 0 Å². The molecule has 1 N–H and O–H groups in total. The van der Waals surface area contributed by atoms with Gasteiger partial charge in [-0.1, -0.05) is 12.1 Å². The SMILES string of the molecule is CNCC(CC1CCc2ccc(OC)cc21)c1cccs1. The fourth-order valence-electron chi connectivity index (χ4n) is 3.45. The van der Waals surface area contributed by atoms with Crippen molar-refractivity contribution in [3.8, 4) is 5.75 Å². The third kappa shape index (κ3) is 3.14. The molecule has 2 unspecified atom stereocenters. The third-order valence-corrected chi connectivity index (χ3v) is 5.55. The normalized spacial score (nSPS) is 18.5. The number of rotatable bonds is 6. The second-order valence-corrected chi connectivity index (χ2v) is 6.79. The number of benzene rings is 1. The first kappa shape index (κ1) is 14.6. The van der Waals surface area contributed by atoms with Gasteiger partial charge in [-0.3, -0.25) is 0 Å². The van der Waals surface area contributed by atoms with Crippen molar-refractivity contribution in [3.63, 3.8) is 0 Å². The zero-order chi connectivity index (χ0) is 14.7. The van der Waals surface area contributed by atoms with Crippen molar-refractivity contribution in [1.29, 1.82) is 0 Å². The van der Waals surface area contributed by atoms with Crippen molar-refractivity contribution in [2.24, 2.45) is 0 Å². The molecule has 0 saturated heterocycles. The molecule has 3 heteroatoms. The highest BCUT2D eigenvalue weighted by Crippen LogP contribution is 2.41. The summed E-state index contributed by atoms with van der Waals surface area (Å²) < 4.78 is 5.40. The van der Waals surface area contributed by atoms with Crippen LogP contribution >= 0.6 is 11.3 Å². The lowest BCUT2D eigenvalue weighted by Crippen LogP contribution is -2.18. The predicted octanol–water partition coefficient (Wildman–Crippen LogP) is 4.18. The zero-order valence-corrected chi connectivity index (χ0v) is 13.6. The summed E-state index contributed by atoms with van der Waals surface area (Å²) in [6.45, 7) is 1.05. The highest BCUT2D eigenvalue weighted by molar-refractivity contribution is 7.10. The van der Waals surface area contributed by atoms with E-state index in [0.29, 0.717) is 11.8 Å². The van der Waals surface area contributed by atoms with Gasteiger partial charge in [0.15, 0.2) is 0 Å². The van der Waals surface area contributed by atoms with Crippen LogP contribution < -0.4 is 10.1 Å². The van der Waals surface area contributed by atoms with Gasteiger partial charge in [-0.15, -0.1) is 11.3 Å². The Balaban J connectivity index is 1.79. The molecule has 2 aromatic rings. The van der Waals surface area contributed by atoms with E-state index in [1.807, 2.05) is 18.4 Å². The first-order valence-corrected chi connectivity index (χ1v) is 8.54. The van der Waals surface area contributed by atoms with Crippen LogP contribution in [0.15, 0.2) is 35.7 Å². The molecule has 112 valence electrons. The quantitative estimate of drug-likeness (QED) is 0.864. The highest BCUT2D eigenvalue weighted by Gasteiger charge is 2.26. The molecule has 1 aromatic heterocycles. The Morgan fingerprint density at radius 3 is 3.00 bits per heavy atom. The van der Waals surface area contributed by atoms with Gasteiger partial charge in [0.05, 0.1) is 7.11 Å². The number of aryl methyl sites for hydroxylation is 1. The molecule has 0 saturated carbocycles. The number of nitrogens with one attached hydrogen (secondary N) is 1. The van der Waals surface area contributed by atoms with Gasteiger partial charge in [-0.05, 0) is 66.9 Å². The lowest BCUT2D eigenvalue weighted by Gasteiger charge is -2.20. The molecule has 0 radical (unpaired) electrons. The molecule has 0 bridgehead atoms. The first-order chi connectivity index (χ1) is 10.3. The van der Waals surface area contributed by atoms with Crippen LogP contribution in [0.5, 0.6) is 5.75 Å². The highest BCUT2D eigenvalue weighted by atomic mass is 32.1. The van der Waals surface area contributed by atoms with Crippen LogP contribution in [0.1, 0.15) is 40.7 Å². The molecule has 21 heavy (non-hydrogen) atoms. The van der Waals surface area contributed by atoms with Crippen LogP contribution in [0, 0.1) is 0 Å². The molecule has 0 aliphatic heterocycles. The van der Waals surface area contributed by atoms with E-state index in [-0.39, 0.29) is 0 Å². The van der Waals surface area contributed by atoms with Gasteiger partial charge in [0, 0.05) is 17.3 Å². The summed E-state index contributed by atoms with van der Waals surface area (Å²) in [6.07, 6.45) is 3.70. The third-order valence-electron chi connectivity index (χ3n) is 4.52. The maximum atomic E-state index is 5.40. The van der Waals surface area contributed by atoms with E-state index in [1.165, 1.54) is 35.3 Å². The molecule has 1 aromatic carbocycles. The van der Waals surface area contributed by atoms with Crippen LogP contribution in [0.3, 0.4) is 0 Å². The smallest absolute Gasteiger partial charge is 0.119 e. The summed E-state index contributed by atoms with van der Waals surface area (Å²) in [6, 6.07) is 11.0. The number of likely N-dealkylation sites (N-methyl/N-ethyl adjacent to an activating group) is 1. The molecular formula is C18H23NOS. The number of thiophene rings is 1. The average Bonchev–Trinajstić information content (AvgIpc) is 3.16. The first-order valence-electron chi connectivity index (χ1n) is 7.66. The van der Waals surface area contributed by atoms with E-state index in [2.05, 4.69) is 41.0 Å². The minimum absolute atomic E-state index is 0.608. The summed E-state index contributed by atoms with van der Waals surface area (Å²) in [5, 5.41) is 5.54. The summed E-state index contributed by atoms with van der Waals surface area (Å²) in [4.78, 5) is 1.50. The minimum Gasteiger partial charge on any atom is -0.497 e. The van der Waals surface area contributed by atoms with Crippen molar-refractivity contribution in [3.05, 3.63) is 51.7 Å². The standard InChI is InChI=1S/C18H23NOS/c1-19-12-15(18-4-3-9-21-18)10-14-6-5-13-7-8-16(20-2)11-17(13)14/h3-4,7-9,11,14-15,19H,5-6,10,12H2,1-2H3. The lowest BCUT2D eigenvalue weighted by atomic mass is 9.89. The Kier molecular flexibility index (Phi) is 4.61. The molecule has 1 heterocycles. The largest absolute Gasteiger partial charge is 0.497 e. The van der Waals surface area contributed by atoms with Gasteiger partial charge < -0.3 is 10.1 Å². The van der Waals surface area contributed by atoms with E-state index < -0.39 is 0 Å². The maximum Gasteiger partial charge on any atom is 0.119 e. The van der Waals surface area contributed by atoms with E-state index in [9.17, 15) is 0 Å². The van der Waals surface area contributed by atoms with Gasteiger partial charge in [-0.25, -0.2) is 0 Å². The van der Waals surface area contributed by atoms with Gasteiger partial charge in [-0.2, -0.15) is 0 Å². The van der Waals surface area contributed by atoms with E-state index >= 15 is 0 Å². The van der Waals surface area contributed by atoms with Crippen molar-refractivity contribution < 1.29 is 4.74 Å². The fraction of sp³-hybridized carbons (Fsp3) is 0.444. The van der Waals surface area contributed by atoms with Crippen molar-refractivity contribution in [2.45, 2.75) is 31.1 Å². The van der Waals surface area contributed by atoms with Gasteiger partial charge in [0.2, 0.25) is 0 Å². The zero-order valence-electron chi connectivity index (χ0n) is 12.8. The van der Waals surface area contributed by atoms with Crippen molar-refractivity contribution in [1.82, 2.24) is 5.32 Å². The number of fused-ring (bicyclic) bond motifs is 1. The summed E-state index contributed by atoms with van der Waals surface area (Å²) >= 11 is 1.88. The van der Waals surface area contributed by atoms with E-state index in [1.54, 1.807) is 7.11 Å². The molecule has 3 rings (SSSR count). The molecule has 2 atom stereocenters. The number of hydrogen-bond donors (Lipinski definition) is 1. The summed E-state index contributed by atoms with van der Waals surface area (Å²) in [5.74, 6) is 2.26. The minimum atomic E-state index is 0.608. The van der Waals surface area contributed by atoms with Crippen LogP contribution in [0.4, 0.5) is 0 Å². The summed E-state index contributed by atoms with van der Waals surface area (Å²) in [5.41, 5.74) is 3.02. The molecule has 0 fully saturated rings. The van der Waals surface area contributed by atoms with Crippen molar-refractivity contribution in [2.75, 3.05) is 20.7 Å². The Morgan fingerprint density at radius 1 is 1.38 bits per heavy atom. The van der Waals surface area contributed by atoms with Crippen LogP contribution in [-0.4, -0.2) is 20.7 Å². The van der Waals surface area contributed by atoms with E-state index in [4.69, 9.17) is 4.74 Å². The fourth-order valence-corrected chi connectivity index (χ4v) is 4.29. The Hall–Kier alpha value is -1.32. The van der Waals surface area contributed by atoms with Crippen LogP contribution in [-0.2, 0) is 6.42 Å². The van der Waals surface area contributed by atoms with Gasteiger partial charge in [0.25, 0.3) is 0 Å². The van der Waals surface area contributed by atoms with Crippen LogP contribution in [0.2, 0.25) is 0 Å². The molecular weight excluding hydrogens is 278 g/mol. The average molecular weight is 301 g/mol. The molecule has 2 nitrogen and oxygen atoms in total. The molecule has 0 amide bonds. The second-order valence-electron chi connectivity index (χ2n) is 5.81.